The van der Waals surface area contributed by atoms with Gasteiger partial charge in [0, 0.05) is 34.7 Å². The molecular formula is C15H12Cl3N. The van der Waals surface area contributed by atoms with Gasteiger partial charge in [0.1, 0.15) is 0 Å². The fraction of sp³-hybridized carbons (Fsp3) is 0.200. The number of hydrogen-bond acceptors (Lipinski definition) is 1. The van der Waals surface area contributed by atoms with Gasteiger partial charge in [-0.3, -0.25) is 4.90 Å². The Morgan fingerprint density at radius 3 is 2.21 bits per heavy atom. The van der Waals surface area contributed by atoms with Crippen molar-refractivity contribution >= 4 is 34.8 Å². The molecule has 2 aromatic carbocycles. The van der Waals surface area contributed by atoms with Crippen molar-refractivity contribution in [3.05, 3.63) is 68.2 Å². The molecule has 1 aliphatic heterocycles. The predicted molar refractivity (Wildman–Crippen MR) is 80.9 cm³/mol. The summed E-state index contributed by atoms with van der Waals surface area (Å²) in [6.07, 6.45) is 0. The molecule has 0 aliphatic carbocycles. The van der Waals surface area contributed by atoms with Crippen LogP contribution in [0.3, 0.4) is 0 Å². The quantitative estimate of drug-likeness (QED) is 0.740. The molecule has 1 nitrogen and oxygen atoms in total. The first-order valence-electron chi connectivity index (χ1n) is 6.05. The maximum atomic E-state index is 6.03. The number of halogens is 3. The summed E-state index contributed by atoms with van der Waals surface area (Å²) >= 11 is 18.1. The summed E-state index contributed by atoms with van der Waals surface area (Å²) in [5.74, 6) is 0. The van der Waals surface area contributed by atoms with Crippen LogP contribution in [-0.4, -0.2) is 4.90 Å². The second kappa shape index (κ2) is 5.34. The molecule has 4 heteroatoms. The third-order valence-corrected chi connectivity index (χ3v) is 3.96. The first-order chi connectivity index (χ1) is 9.10. The van der Waals surface area contributed by atoms with E-state index in [0.717, 1.165) is 30.2 Å². The number of benzene rings is 2. The zero-order valence-corrected chi connectivity index (χ0v) is 12.4. The molecule has 0 saturated carbocycles. The van der Waals surface area contributed by atoms with Crippen LogP contribution in [0.5, 0.6) is 0 Å². The molecule has 0 N–H and O–H groups in total. The van der Waals surface area contributed by atoms with Gasteiger partial charge >= 0.3 is 0 Å². The van der Waals surface area contributed by atoms with Gasteiger partial charge in [-0.1, -0.05) is 40.9 Å². The van der Waals surface area contributed by atoms with E-state index in [1.807, 2.05) is 24.3 Å². The lowest BCUT2D eigenvalue weighted by molar-refractivity contribution is 0.275. The number of nitrogens with zero attached hydrogens (tertiary/aromatic N) is 1. The Hall–Kier alpha value is -0.730. The van der Waals surface area contributed by atoms with Crippen molar-refractivity contribution in [2.24, 2.45) is 0 Å². The van der Waals surface area contributed by atoms with E-state index in [1.165, 1.54) is 11.1 Å². The minimum atomic E-state index is 0.683. The summed E-state index contributed by atoms with van der Waals surface area (Å²) in [5, 5.41) is 2.16. The van der Waals surface area contributed by atoms with E-state index in [2.05, 4.69) is 11.0 Å². The molecule has 0 unspecified atom stereocenters. The molecule has 0 radical (unpaired) electrons. The highest BCUT2D eigenvalue weighted by molar-refractivity contribution is 6.34. The fourth-order valence-electron chi connectivity index (χ4n) is 2.51. The smallest absolute Gasteiger partial charge is 0.0424 e. The minimum Gasteiger partial charge on any atom is -0.291 e. The lowest BCUT2D eigenvalue weighted by atomic mass is 10.1. The van der Waals surface area contributed by atoms with Crippen LogP contribution in [0.25, 0.3) is 0 Å². The van der Waals surface area contributed by atoms with Crippen LogP contribution in [0, 0.1) is 0 Å². The molecular weight excluding hydrogens is 301 g/mol. The Bertz CT molecular complexity index is 605. The van der Waals surface area contributed by atoms with E-state index in [0.29, 0.717) is 10.0 Å². The summed E-state index contributed by atoms with van der Waals surface area (Å²) in [6, 6.07) is 11.8. The van der Waals surface area contributed by atoms with Gasteiger partial charge in [-0.2, -0.15) is 0 Å². The lowest BCUT2D eigenvalue weighted by Gasteiger charge is -2.15. The van der Waals surface area contributed by atoms with Gasteiger partial charge in [0.2, 0.25) is 0 Å². The zero-order valence-electron chi connectivity index (χ0n) is 10.2. The molecule has 2 aromatic rings. The van der Waals surface area contributed by atoms with Gasteiger partial charge in [-0.25, -0.2) is 0 Å². The number of fused-ring (bicyclic) bond motifs is 1. The largest absolute Gasteiger partial charge is 0.291 e. The molecule has 19 heavy (non-hydrogen) atoms. The fourth-order valence-corrected chi connectivity index (χ4v) is 3.27. The lowest BCUT2D eigenvalue weighted by Crippen LogP contribution is -2.15. The Balaban J connectivity index is 1.76. The third-order valence-electron chi connectivity index (χ3n) is 3.28. The standard InChI is InChI=1S/C15H12Cl3N/c16-13-2-1-11-8-19(9-12(11)5-13)7-10-3-14(17)6-15(18)4-10/h1-6H,7-9H2. The highest BCUT2D eigenvalue weighted by Crippen LogP contribution is 2.28. The van der Waals surface area contributed by atoms with Crippen molar-refractivity contribution in [2.45, 2.75) is 19.6 Å². The topological polar surface area (TPSA) is 3.24 Å². The number of rotatable bonds is 2. The average Bonchev–Trinajstić information content (AvgIpc) is 2.68. The van der Waals surface area contributed by atoms with Gasteiger partial charge in [-0.05, 0) is 47.0 Å². The maximum Gasteiger partial charge on any atom is 0.0424 e. The van der Waals surface area contributed by atoms with Crippen molar-refractivity contribution in [2.75, 3.05) is 0 Å². The number of hydrogen-bond donors (Lipinski definition) is 0. The van der Waals surface area contributed by atoms with Crippen LogP contribution in [0.4, 0.5) is 0 Å². The molecule has 0 spiro atoms. The van der Waals surface area contributed by atoms with Crippen LogP contribution >= 0.6 is 34.8 Å². The average molecular weight is 313 g/mol. The third kappa shape index (κ3) is 3.06. The molecule has 1 heterocycles. The van der Waals surface area contributed by atoms with Gasteiger partial charge in [0.25, 0.3) is 0 Å². The molecule has 0 fully saturated rings. The maximum absolute atomic E-state index is 6.03. The summed E-state index contributed by atoms with van der Waals surface area (Å²) < 4.78 is 0. The van der Waals surface area contributed by atoms with E-state index in [-0.39, 0.29) is 0 Å². The van der Waals surface area contributed by atoms with E-state index < -0.39 is 0 Å². The van der Waals surface area contributed by atoms with Crippen LogP contribution in [0.1, 0.15) is 16.7 Å². The highest BCUT2D eigenvalue weighted by Gasteiger charge is 2.19. The van der Waals surface area contributed by atoms with Crippen LogP contribution in [-0.2, 0) is 19.6 Å². The van der Waals surface area contributed by atoms with Crippen LogP contribution in [0.2, 0.25) is 15.1 Å². The van der Waals surface area contributed by atoms with Crippen molar-refractivity contribution in [1.82, 2.24) is 4.90 Å². The summed E-state index contributed by atoms with van der Waals surface area (Å²) in [5.41, 5.74) is 3.79. The van der Waals surface area contributed by atoms with E-state index in [9.17, 15) is 0 Å². The molecule has 0 amide bonds. The van der Waals surface area contributed by atoms with Crippen LogP contribution in [0.15, 0.2) is 36.4 Å². The Labute approximate surface area is 127 Å². The molecule has 1 aliphatic rings. The SMILES string of the molecule is Clc1cc(Cl)cc(CN2Cc3ccc(Cl)cc3C2)c1. The Morgan fingerprint density at radius 2 is 1.47 bits per heavy atom. The van der Waals surface area contributed by atoms with E-state index in [4.69, 9.17) is 34.8 Å². The molecule has 0 bridgehead atoms. The monoisotopic (exact) mass is 311 g/mol. The van der Waals surface area contributed by atoms with Gasteiger partial charge in [0.05, 0.1) is 0 Å². The summed E-state index contributed by atoms with van der Waals surface area (Å²) in [6.45, 7) is 2.70. The van der Waals surface area contributed by atoms with Crippen molar-refractivity contribution in [3.8, 4) is 0 Å². The second-order valence-corrected chi connectivity index (χ2v) is 6.15. The van der Waals surface area contributed by atoms with Gasteiger partial charge < -0.3 is 0 Å². The van der Waals surface area contributed by atoms with Crippen molar-refractivity contribution in [1.29, 1.82) is 0 Å². The minimum absolute atomic E-state index is 0.683. The van der Waals surface area contributed by atoms with Gasteiger partial charge in [-0.15, -0.1) is 0 Å². The first kappa shape index (κ1) is 13.3. The summed E-state index contributed by atoms with van der Waals surface area (Å²) in [4.78, 5) is 2.35. The molecule has 0 saturated heterocycles. The highest BCUT2D eigenvalue weighted by atomic mass is 35.5. The summed E-state index contributed by atoms with van der Waals surface area (Å²) in [7, 11) is 0. The zero-order chi connectivity index (χ0) is 13.4. The normalized spacial score (nSPS) is 14.7. The Kier molecular flexibility index (Phi) is 3.72. The van der Waals surface area contributed by atoms with Crippen molar-refractivity contribution in [3.63, 3.8) is 0 Å². The first-order valence-corrected chi connectivity index (χ1v) is 7.18. The molecule has 0 atom stereocenters. The molecule has 98 valence electrons. The van der Waals surface area contributed by atoms with Crippen LogP contribution < -0.4 is 0 Å². The Morgan fingerprint density at radius 1 is 0.789 bits per heavy atom. The molecule has 0 aromatic heterocycles. The second-order valence-electron chi connectivity index (χ2n) is 4.84. The van der Waals surface area contributed by atoms with Crippen molar-refractivity contribution < 1.29 is 0 Å². The predicted octanol–water partition coefficient (Wildman–Crippen LogP) is 5.16. The molecule has 3 rings (SSSR count). The van der Waals surface area contributed by atoms with Gasteiger partial charge in [0.15, 0.2) is 0 Å². The van der Waals surface area contributed by atoms with E-state index >= 15 is 0 Å². The van der Waals surface area contributed by atoms with E-state index in [1.54, 1.807) is 6.07 Å².